The zero-order valence-electron chi connectivity index (χ0n) is 18.5. The van der Waals surface area contributed by atoms with Gasteiger partial charge in [0, 0.05) is 35.9 Å². The molecule has 0 unspecified atom stereocenters. The lowest BCUT2D eigenvalue weighted by atomic mass is 10.1. The van der Waals surface area contributed by atoms with Crippen LogP contribution in [-0.2, 0) is 4.74 Å². The quantitative estimate of drug-likeness (QED) is 0.404. The third-order valence-corrected chi connectivity index (χ3v) is 6.31. The summed E-state index contributed by atoms with van der Waals surface area (Å²) in [5.41, 5.74) is 6.38. The van der Waals surface area contributed by atoms with Crippen molar-refractivity contribution >= 4 is 28.9 Å². The topological polar surface area (TPSA) is 55.0 Å². The summed E-state index contributed by atoms with van der Waals surface area (Å²) in [6, 6.07) is 20.8. The van der Waals surface area contributed by atoms with E-state index in [1.165, 1.54) is 11.3 Å². The first-order valence-electron chi connectivity index (χ1n) is 11.0. The van der Waals surface area contributed by atoms with Crippen LogP contribution in [0.25, 0.3) is 11.3 Å². The van der Waals surface area contributed by atoms with Gasteiger partial charge in [0.05, 0.1) is 37.0 Å². The first-order valence-corrected chi connectivity index (χ1v) is 11.8. The summed E-state index contributed by atoms with van der Waals surface area (Å²) in [5.74, 6) is 0. The molecule has 3 heterocycles. The second-order valence-corrected chi connectivity index (χ2v) is 8.68. The Hall–Kier alpha value is -3.55. The van der Waals surface area contributed by atoms with E-state index in [0.717, 1.165) is 53.6 Å². The molecular weight excluding hydrogens is 430 g/mol. The Labute approximate surface area is 197 Å². The van der Waals surface area contributed by atoms with Gasteiger partial charge in [0.15, 0.2) is 0 Å². The maximum absolute atomic E-state index is 5.46. The molecule has 2 aromatic heterocycles. The molecule has 0 amide bonds. The van der Waals surface area contributed by atoms with Crippen LogP contribution < -0.4 is 9.70 Å². The molecule has 0 aliphatic carbocycles. The minimum Gasteiger partial charge on any atom is -0.378 e. The fraction of sp³-hybridized carbons (Fsp3) is 0.192. The molecule has 0 atom stereocenters. The average Bonchev–Trinajstić information content (AvgIpc) is 3.27. The van der Waals surface area contributed by atoms with Crippen molar-refractivity contribution in [1.82, 2.24) is 9.66 Å². The van der Waals surface area contributed by atoms with Crippen LogP contribution in [0.3, 0.4) is 0 Å². The number of benzene rings is 2. The Morgan fingerprint density at radius 2 is 1.79 bits per heavy atom. The van der Waals surface area contributed by atoms with Gasteiger partial charge < -0.3 is 9.64 Å². The summed E-state index contributed by atoms with van der Waals surface area (Å²) < 4.78 is 7.36. The van der Waals surface area contributed by atoms with E-state index < -0.39 is 0 Å². The number of thiazole rings is 1. The summed E-state index contributed by atoms with van der Waals surface area (Å²) in [6.07, 6.45) is 5.39. The van der Waals surface area contributed by atoms with E-state index in [9.17, 15) is 0 Å². The number of aryl methyl sites for hydroxylation is 1. The third-order valence-electron chi connectivity index (χ3n) is 5.49. The van der Waals surface area contributed by atoms with Gasteiger partial charge in [-0.3, -0.25) is 4.98 Å². The monoisotopic (exact) mass is 455 g/mol. The average molecular weight is 456 g/mol. The Morgan fingerprint density at radius 1 is 1.00 bits per heavy atom. The molecule has 2 aromatic carbocycles. The summed E-state index contributed by atoms with van der Waals surface area (Å²) in [7, 11) is 0. The minimum absolute atomic E-state index is 0.781. The predicted octanol–water partition coefficient (Wildman–Crippen LogP) is 4.87. The van der Waals surface area contributed by atoms with Gasteiger partial charge in [0.1, 0.15) is 0 Å². The highest BCUT2D eigenvalue weighted by atomic mass is 32.1. The first kappa shape index (κ1) is 21.3. The van der Waals surface area contributed by atoms with Gasteiger partial charge >= 0.3 is 0 Å². The molecule has 0 N–H and O–H groups in total. The molecule has 1 saturated heterocycles. The number of morpholine rings is 1. The van der Waals surface area contributed by atoms with Gasteiger partial charge in [-0.1, -0.05) is 42.0 Å². The normalized spacial score (nSPS) is 14.8. The molecule has 0 saturated carbocycles. The minimum atomic E-state index is 0.781. The van der Waals surface area contributed by atoms with E-state index in [-0.39, 0.29) is 0 Å². The molecule has 5 rings (SSSR count). The first-order chi connectivity index (χ1) is 16.3. The van der Waals surface area contributed by atoms with Crippen molar-refractivity contribution in [3.05, 3.63) is 94.4 Å². The number of anilines is 1. The zero-order valence-corrected chi connectivity index (χ0v) is 19.3. The SMILES string of the molecule is Cc1ccc(-c2csc(=Nc3cccnc3)n2N=Cc2ccc(N3CCOCC3)cc2)cc1. The smallest absolute Gasteiger partial charge is 0.211 e. The second kappa shape index (κ2) is 9.94. The van der Waals surface area contributed by atoms with E-state index in [2.05, 4.69) is 70.7 Å². The van der Waals surface area contributed by atoms with E-state index in [1.807, 2.05) is 23.0 Å². The maximum atomic E-state index is 5.46. The van der Waals surface area contributed by atoms with Crippen LogP contribution in [-0.4, -0.2) is 42.2 Å². The predicted molar refractivity (Wildman–Crippen MR) is 134 cm³/mol. The van der Waals surface area contributed by atoms with Crippen LogP contribution in [0.15, 0.2) is 88.5 Å². The van der Waals surface area contributed by atoms with E-state index in [4.69, 9.17) is 14.8 Å². The van der Waals surface area contributed by atoms with E-state index in [0.29, 0.717) is 0 Å². The molecule has 1 aliphatic rings. The van der Waals surface area contributed by atoms with Crippen molar-refractivity contribution in [3.8, 4) is 11.3 Å². The molecule has 0 bridgehead atoms. The number of rotatable bonds is 5. The van der Waals surface area contributed by atoms with Gasteiger partial charge in [-0.15, -0.1) is 11.3 Å². The lowest BCUT2D eigenvalue weighted by Crippen LogP contribution is -2.36. The Bertz CT molecular complexity index is 1290. The van der Waals surface area contributed by atoms with Crippen molar-refractivity contribution in [2.24, 2.45) is 10.1 Å². The number of pyridine rings is 1. The van der Waals surface area contributed by atoms with E-state index in [1.54, 1.807) is 23.7 Å². The van der Waals surface area contributed by atoms with Crippen molar-refractivity contribution < 1.29 is 4.74 Å². The fourth-order valence-corrected chi connectivity index (χ4v) is 4.52. The van der Waals surface area contributed by atoms with Crippen molar-refractivity contribution in [2.75, 3.05) is 31.2 Å². The third kappa shape index (κ3) is 5.10. The molecule has 4 aromatic rings. The summed E-state index contributed by atoms with van der Waals surface area (Å²) in [4.78, 5) is 12.1. The number of nitrogens with zero attached hydrogens (tertiary/aromatic N) is 5. The molecule has 1 aliphatic heterocycles. The highest BCUT2D eigenvalue weighted by Crippen LogP contribution is 2.22. The van der Waals surface area contributed by atoms with Gasteiger partial charge in [0.2, 0.25) is 4.80 Å². The van der Waals surface area contributed by atoms with Gasteiger partial charge in [-0.2, -0.15) is 5.10 Å². The van der Waals surface area contributed by atoms with Gasteiger partial charge in [-0.05, 0) is 36.8 Å². The van der Waals surface area contributed by atoms with Crippen LogP contribution >= 0.6 is 11.3 Å². The lowest BCUT2D eigenvalue weighted by Gasteiger charge is -2.28. The lowest BCUT2D eigenvalue weighted by molar-refractivity contribution is 0.122. The van der Waals surface area contributed by atoms with Crippen molar-refractivity contribution in [3.63, 3.8) is 0 Å². The Kier molecular flexibility index (Phi) is 6.41. The second-order valence-electron chi connectivity index (χ2n) is 7.84. The number of hydrogen-bond acceptors (Lipinski definition) is 6. The largest absolute Gasteiger partial charge is 0.378 e. The van der Waals surface area contributed by atoms with Gasteiger partial charge in [0.25, 0.3) is 0 Å². The molecule has 0 spiro atoms. The highest BCUT2D eigenvalue weighted by Gasteiger charge is 2.11. The van der Waals surface area contributed by atoms with Gasteiger partial charge in [-0.25, -0.2) is 9.67 Å². The molecule has 33 heavy (non-hydrogen) atoms. The van der Waals surface area contributed by atoms with E-state index >= 15 is 0 Å². The molecule has 1 fully saturated rings. The molecule has 6 nitrogen and oxygen atoms in total. The molecular formula is C26H25N5OS. The number of aromatic nitrogens is 2. The van der Waals surface area contributed by atoms with Crippen LogP contribution in [0.4, 0.5) is 11.4 Å². The zero-order chi connectivity index (χ0) is 22.5. The van der Waals surface area contributed by atoms with Crippen LogP contribution in [0.5, 0.6) is 0 Å². The van der Waals surface area contributed by atoms with Crippen molar-refractivity contribution in [2.45, 2.75) is 6.92 Å². The molecule has 0 radical (unpaired) electrons. The molecule has 166 valence electrons. The van der Waals surface area contributed by atoms with Crippen LogP contribution in [0, 0.1) is 6.92 Å². The molecule has 7 heteroatoms. The summed E-state index contributed by atoms with van der Waals surface area (Å²) >= 11 is 1.56. The number of hydrogen-bond donors (Lipinski definition) is 0. The Morgan fingerprint density at radius 3 is 2.52 bits per heavy atom. The Balaban J connectivity index is 1.49. The maximum Gasteiger partial charge on any atom is 0.211 e. The standard InChI is InChI=1S/C26H25N5OS/c1-20-4-8-22(9-5-20)25-19-33-26(29-23-3-2-12-27-18-23)31(25)28-17-21-6-10-24(11-7-21)30-13-15-32-16-14-30/h2-12,17-19H,13-16H2,1H3. The fourth-order valence-electron chi connectivity index (χ4n) is 3.66. The van der Waals surface area contributed by atoms with Crippen LogP contribution in [0.2, 0.25) is 0 Å². The summed E-state index contributed by atoms with van der Waals surface area (Å²) in [5, 5.41) is 6.92. The van der Waals surface area contributed by atoms with Crippen LogP contribution in [0.1, 0.15) is 11.1 Å². The van der Waals surface area contributed by atoms with Crippen molar-refractivity contribution in [1.29, 1.82) is 0 Å². The summed E-state index contributed by atoms with van der Waals surface area (Å²) in [6.45, 7) is 5.51. The highest BCUT2D eigenvalue weighted by molar-refractivity contribution is 7.07. The number of ether oxygens (including phenoxy) is 1.